The van der Waals surface area contributed by atoms with Crippen molar-refractivity contribution in [2.75, 3.05) is 32.1 Å². The Bertz CT molecular complexity index is 1390. The van der Waals surface area contributed by atoms with Gasteiger partial charge in [0.2, 0.25) is 0 Å². The first-order valence-electron chi connectivity index (χ1n) is 12.5. The molecule has 5 rings (SSSR count). The molecule has 4 aromatic rings. The van der Waals surface area contributed by atoms with Gasteiger partial charge in [-0.25, -0.2) is 4.98 Å². The van der Waals surface area contributed by atoms with E-state index in [1.54, 1.807) is 11.3 Å². The van der Waals surface area contributed by atoms with E-state index in [1.807, 2.05) is 44.4 Å². The minimum atomic E-state index is -0.474. The number of rotatable bonds is 6. The fourth-order valence-electron chi connectivity index (χ4n) is 5.11. The van der Waals surface area contributed by atoms with Gasteiger partial charge in [-0.3, -0.25) is 9.69 Å². The third-order valence-corrected chi connectivity index (χ3v) is 7.95. The number of likely N-dealkylation sites (tertiary alicyclic amines) is 1. The predicted molar refractivity (Wildman–Crippen MR) is 152 cm³/mol. The van der Waals surface area contributed by atoms with E-state index in [2.05, 4.69) is 77.6 Å². The van der Waals surface area contributed by atoms with Crippen LogP contribution in [0.4, 0.5) is 5.69 Å². The van der Waals surface area contributed by atoms with Crippen molar-refractivity contribution in [2.45, 2.75) is 26.3 Å². The third-order valence-electron chi connectivity index (χ3n) is 7.01. The Kier molecular flexibility index (Phi) is 6.78. The highest BCUT2D eigenvalue weighted by Crippen LogP contribution is 2.42. The van der Waals surface area contributed by atoms with Crippen molar-refractivity contribution in [3.63, 3.8) is 0 Å². The van der Waals surface area contributed by atoms with Gasteiger partial charge in [-0.15, -0.1) is 11.3 Å². The van der Waals surface area contributed by atoms with Gasteiger partial charge in [0.25, 0.3) is 0 Å². The van der Waals surface area contributed by atoms with Crippen molar-refractivity contribution >= 4 is 39.8 Å². The summed E-state index contributed by atoms with van der Waals surface area (Å²) in [5.41, 5.74) is 4.39. The number of ketones is 1. The number of carbonyl (C=O) groups excluding carboxylic acids is 1. The summed E-state index contributed by atoms with van der Waals surface area (Å²) in [6.07, 6.45) is 2.99. The topological polar surface area (TPSA) is 36.4 Å². The maximum atomic E-state index is 13.9. The number of piperidine rings is 1. The maximum absolute atomic E-state index is 13.9. The normalized spacial score (nSPS) is 19.2. The van der Waals surface area contributed by atoms with E-state index in [0.29, 0.717) is 0 Å². The number of carbonyl (C=O) groups is 1. The van der Waals surface area contributed by atoms with E-state index in [1.165, 1.54) is 4.88 Å². The summed E-state index contributed by atoms with van der Waals surface area (Å²) >= 11 is 1.79. The van der Waals surface area contributed by atoms with E-state index in [4.69, 9.17) is 4.98 Å². The number of aromatic nitrogens is 1. The Labute approximate surface area is 217 Å². The summed E-state index contributed by atoms with van der Waals surface area (Å²) in [5, 5.41) is 3.23. The van der Waals surface area contributed by atoms with Gasteiger partial charge in [0.05, 0.1) is 17.3 Å². The molecule has 0 N–H and O–H groups in total. The zero-order valence-corrected chi connectivity index (χ0v) is 22.3. The number of thiophene rings is 1. The molecular weight excluding hydrogens is 462 g/mol. The van der Waals surface area contributed by atoms with Crippen LogP contribution in [-0.4, -0.2) is 42.9 Å². The highest BCUT2D eigenvalue weighted by atomic mass is 32.1. The second-order valence-corrected chi connectivity index (χ2v) is 11.5. The van der Waals surface area contributed by atoms with Crippen LogP contribution >= 0.6 is 11.3 Å². The Balaban J connectivity index is 1.60. The van der Waals surface area contributed by atoms with E-state index in [-0.39, 0.29) is 11.8 Å². The van der Waals surface area contributed by atoms with Gasteiger partial charge >= 0.3 is 0 Å². The van der Waals surface area contributed by atoms with Crippen molar-refractivity contribution in [2.24, 2.45) is 5.41 Å². The van der Waals surface area contributed by atoms with Crippen LogP contribution in [0.25, 0.3) is 17.0 Å². The average Bonchev–Trinajstić information content (AvgIpc) is 3.39. The molecule has 0 aliphatic carbocycles. The molecule has 1 atom stereocenters. The Morgan fingerprint density at radius 3 is 2.53 bits per heavy atom. The summed E-state index contributed by atoms with van der Waals surface area (Å²) in [4.78, 5) is 24.8. The van der Waals surface area contributed by atoms with E-state index < -0.39 is 5.41 Å². The first-order chi connectivity index (χ1) is 17.3. The summed E-state index contributed by atoms with van der Waals surface area (Å²) in [6, 6.07) is 25.0. The van der Waals surface area contributed by atoms with Crippen LogP contribution in [0.1, 0.15) is 36.0 Å². The summed E-state index contributed by atoms with van der Waals surface area (Å²) in [6.45, 7) is 5.75. The third kappa shape index (κ3) is 4.99. The fraction of sp³-hybridized carbons (Fsp3) is 0.290. The van der Waals surface area contributed by atoms with Crippen LogP contribution in [0.5, 0.6) is 0 Å². The molecule has 3 heterocycles. The lowest BCUT2D eigenvalue weighted by atomic mass is 9.74. The quantitative estimate of drug-likeness (QED) is 0.281. The van der Waals surface area contributed by atoms with Crippen molar-refractivity contribution in [1.29, 1.82) is 0 Å². The van der Waals surface area contributed by atoms with Gasteiger partial charge in [-0.2, -0.15) is 0 Å². The van der Waals surface area contributed by atoms with Crippen molar-refractivity contribution in [3.8, 4) is 0 Å². The van der Waals surface area contributed by atoms with Gasteiger partial charge in [0, 0.05) is 54.1 Å². The second-order valence-electron chi connectivity index (χ2n) is 10.4. The van der Waals surface area contributed by atoms with Gasteiger partial charge in [0.15, 0.2) is 5.78 Å². The lowest BCUT2D eigenvalue weighted by Gasteiger charge is -2.44. The summed E-state index contributed by atoms with van der Waals surface area (Å²) in [7, 11) is 4.09. The number of fused-ring (bicyclic) bond motifs is 1. The molecule has 5 heteroatoms. The lowest BCUT2D eigenvalue weighted by molar-refractivity contribution is -0.128. The van der Waals surface area contributed by atoms with Gasteiger partial charge in [-0.1, -0.05) is 56.3 Å². The van der Waals surface area contributed by atoms with Crippen molar-refractivity contribution in [3.05, 3.63) is 99.9 Å². The molecule has 0 amide bonds. The molecule has 1 aliphatic rings. The molecule has 36 heavy (non-hydrogen) atoms. The monoisotopic (exact) mass is 495 g/mol. The Morgan fingerprint density at radius 2 is 1.81 bits per heavy atom. The van der Waals surface area contributed by atoms with Crippen LogP contribution in [-0.2, 0) is 11.2 Å². The Hall–Kier alpha value is -3.28. The number of hydrogen-bond donors (Lipinski definition) is 0. The molecule has 1 saturated heterocycles. The SMILES string of the molecule is CN(C)c1ccc(C2/C(=C/c3ccc4ccccc4n3)C(=O)C(C)(C)CN2CCc2cccs2)cc1. The molecular formula is C31H33N3OS. The first kappa shape index (κ1) is 24.4. The summed E-state index contributed by atoms with van der Waals surface area (Å²) in [5.74, 6) is 0.200. The molecule has 2 aromatic carbocycles. The standard InChI is InChI=1S/C31H33N3OS/c1-31(2)21-34(18-17-26-9-7-19-36-26)29(23-12-15-25(16-13-23)33(3)4)27(30(31)35)20-24-14-11-22-8-5-6-10-28(22)32-24/h5-16,19-20,29H,17-18,21H2,1-4H3/b27-20-. The molecule has 1 fully saturated rings. The molecule has 184 valence electrons. The zero-order valence-electron chi connectivity index (χ0n) is 21.4. The minimum Gasteiger partial charge on any atom is -0.378 e. The molecule has 0 radical (unpaired) electrons. The molecule has 1 aliphatic heterocycles. The molecule has 1 unspecified atom stereocenters. The highest BCUT2D eigenvalue weighted by molar-refractivity contribution is 7.09. The number of Topliss-reactive ketones (excluding diaryl/α,β-unsaturated/α-hetero) is 1. The molecule has 0 bridgehead atoms. The van der Waals surface area contributed by atoms with E-state index >= 15 is 0 Å². The Morgan fingerprint density at radius 1 is 1.03 bits per heavy atom. The lowest BCUT2D eigenvalue weighted by Crippen LogP contribution is -2.49. The number of nitrogens with zero attached hydrogens (tertiary/aromatic N) is 3. The molecule has 4 nitrogen and oxygen atoms in total. The van der Waals surface area contributed by atoms with Crippen LogP contribution in [0.2, 0.25) is 0 Å². The van der Waals surface area contributed by atoms with E-state index in [0.717, 1.165) is 52.9 Å². The summed E-state index contributed by atoms with van der Waals surface area (Å²) < 4.78 is 0. The van der Waals surface area contributed by atoms with Crippen molar-refractivity contribution < 1.29 is 4.79 Å². The average molecular weight is 496 g/mol. The smallest absolute Gasteiger partial charge is 0.167 e. The van der Waals surface area contributed by atoms with Gasteiger partial charge < -0.3 is 4.90 Å². The van der Waals surface area contributed by atoms with Crippen LogP contribution in [0.15, 0.2) is 83.7 Å². The number of para-hydroxylation sites is 1. The van der Waals surface area contributed by atoms with Gasteiger partial charge in [-0.05, 0) is 53.8 Å². The second kappa shape index (κ2) is 10.00. The first-order valence-corrected chi connectivity index (χ1v) is 13.4. The maximum Gasteiger partial charge on any atom is 0.167 e. The number of hydrogen-bond acceptors (Lipinski definition) is 5. The molecule has 0 saturated carbocycles. The molecule has 2 aromatic heterocycles. The van der Waals surface area contributed by atoms with Crippen LogP contribution in [0.3, 0.4) is 0 Å². The zero-order chi connectivity index (χ0) is 25.3. The van der Waals surface area contributed by atoms with Gasteiger partial charge in [0.1, 0.15) is 0 Å². The number of anilines is 1. The van der Waals surface area contributed by atoms with Crippen LogP contribution in [0, 0.1) is 5.41 Å². The largest absolute Gasteiger partial charge is 0.378 e. The highest BCUT2D eigenvalue weighted by Gasteiger charge is 2.43. The number of pyridine rings is 1. The molecule has 0 spiro atoms. The van der Waals surface area contributed by atoms with Crippen LogP contribution < -0.4 is 4.90 Å². The predicted octanol–water partition coefficient (Wildman–Crippen LogP) is 6.64. The van der Waals surface area contributed by atoms with Crippen molar-refractivity contribution in [1.82, 2.24) is 9.88 Å². The number of benzene rings is 2. The minimum absolute atomic E-state index is 0.116. The van der Waals surface area contributed by atoms with E-state index in [9.17, 15) is 4.79 Å². The fourth-order valence-corrected chi connectivity index (χ4v) is 5.81.